The van der Waals surface area contributed by atoms with E-state index in [2.05, 4.69) is 35.6 Å². The summed E-state index contributed by atoms with van der Waals surface area (Å²) < 4.78 is 13.0. The lowest BCUT2D eigenvalue weighted by Crippen LogP contribution is -2.23. The first-order valence-corrected chi connectivity index (χ1v) is 6.75. The van der Waals surface area contributed by atoms with Gasteiger partial charge in [0, 0.05) is 12.6 Å². The minimum absolute atomic E-state index is 0.139. The quantitative estimate of drug-likeness (QED) is 0.453. The fraction of sp³-hybridized carbons (Fsp3) is 0.188. The number of benzene rings is 2. The third-order valence-electron chi connectivity index (χ3n) is 3.42. The summed E-state index contributed by atoms with van der Waals surface area (Å²) in [6.45, 7) is 2.08. The maximum Gasteiger partial charge on any atom is 0.230 e. The van der Waals surface area contributed by atoms with Gasteiger partial charge in [-0.3, -0.25) is 10.0 Å². The fourth-order valence-electron chi connectivity index (χ4n) is 2.52. The highest BCUT2D eigenvalue weighted by molar-refractivity contribution is 5.59. The number of hydrazine groups is 1. The highest BCUT2D eigenvalue weighted by atomic mass is 19.1. The van der Waals surface area contributed by atoms with Crippen molar-refractivity contribution in [3.05, 3.63) is 65.0 Å². The molecule has 116 valence electrons. The lowest BCUT2D eigenvalue weighted by Gasteiger charge is -2.20. The van der Waals surface area contributed by atoms with Gasteiger partial charge in [-0.25, -0.2) is 14.9 Å². The van der Waals surface area contributed by atoms with Crippen LogP contribution in [0, 0.1) is 12.7 Å². The molecule has 1 heterocycles. The van der Waals surface area contributed by atoms with Gasteiger partial charge >= 0.3 is 0 Å². The lowest BCUT2D eigenvalue weighted by atomic mass is 9.97. The van der Waals surface area contributed by atoms with Crippen molar-refractivity contribution in [1.82, 2.24) is 10.5 Å². The highest BCUT2D eigenvalue weighted by Crippen LogP contribution is 2.38. The average Bonchev–Trinajstić information content (AvgIpc) is 2.84. The van der Waals surface area contributed by atoms with E-state index in [1.807, 2.05) is 19.2 Å². The van der Waals surface area contributed by atoms with Gasteiger partial charge in [0.05, 0.1) is 11.7 Å². The smallest absolute Gasteiger partial charge is 0.230 e. The van der Waals surface area contributed by atoms with Crippen molar-refractivity contribution < 1.29 is 14.4 Å². The monoisotopic (exact) mass is 303 g/mol. The molecule has 1 unspecified atom stereocenters. The minimum Gasteiger partial charge on any atom is -0.318 e. The van der Waals surface area contributed by atoms with Crippen molar-refractivity contribution in [2.75, 3.05) is 12.5 Å². The van der Waals surface area contributed by atoms with Crippen molar-refractivity contribution in [3.8, 4) is 0 Å². The minimum atomic E-state index is -0.197. The van der Waals surface area contributed by atoms with E-state index in [4.69, 9.17) is 10.0 Å². The van der Waals surface area contributed by atoms with Gasteiger partial charge in [-0.2, -0.15) is 0 Å². The summed E-state index contributed by atoms with van der Waals surface area (Å²) in [5, 5.41) is 9.31. The first-order chi connectivity index (χ1) is 10.6. The number of hydroxylamine groups is 1. The molecule has 1 amide bonds. The molecule has 0 saturated carbocycles. The van der Waals surface area contributed by atoms with E-state index in [0.717, 1.165) is 11.3 Å². The Hall–Kier alpha value is -2.44. The Morgan fingerprint density at radius 2 is 1.91 bits per heavy atom. The Kier molecular flexibility index (Phi) is 5.08. The Bertz CT molecular complexity index is 646. The van der Waals surface area contributed by atoms with E-state index in [-0.39, 0.29) is 18.3 Å². The van der Waals surface area contributed by atoms with E-state index in [0.29, 0.717) is 0 Å². The number of hydrogen-bond acceptors (Lipinski definition) is 4. The largest absolute Gasteiger partial charge is 0.318 e. The number of nitrogens with one attached hydrogen (secondary N) is 2. The number of carbonyl (C=O) groups excluding carboxylic acids is 1. The van der Waals surface area contributed by atoms with Gasteiger partial charge in [-0.05, 0) is 30.7 Å². The number of carbonyl (C=O) groups is 1. The number of aryl methyl sites for hydroxylation is 1. The Morgan fingerprint density at radius 3 is 2.50 bits per heavy atom. The lowest BCUT2D eigenvalue weighted by molar-refractivity contribution is -0.116. The number of nitrogens with zero attached hydrogens (tertiary/aromatic N) is 1. The number of amides is 1. The first kappa shape index (κ1) is 15.9. The zero-order chi connectivity index (χ0) is 16.1. The number of fused-ring (bicyclic) bond motifs is 1. The Morgan fingerprint density at radius 1 is 1.27 bits per heavy atom. The van der Waals surface area contributed by atoms with E-state index >= 15 is 0 Å². The highest BCUT2D eigenvalue weighted by Gasteiger charge is 2.28. The standard InChI is InChI=1S/C15H15FN2.CH3NO2/c1-10-3-8-14-13(9-10)15(18(2)17-14)11-4-6-12(16)7-5-11;3-1-2-4/h3-9,15,17H,1-2H3;1,4H,(H,2,3). The van der Waals surface area contributed by atoms with Crippen LogP contribution in [0.4, 0.5) is 10.1 Å². The zero-order valence-corrected chi connectivity index (χ0v) is 12.4. The van der Waals surface area contributed by atoms with E-state index in [1.54, 1.807) is 0 Å². The second-order valence-electron chi connectivity index (χ2n) is 5.01. The molecule has 22 heavy (non-hydrogen) atoms. The maximum atomic E-state index is 13.0. The third kappa shape index (κ3) is 3.41. The predicted molar refractivity (Wildman–Crippen MR) is 81.8 cm³/mol. The van der Waals surface area contributed by atoms with Crippen LogP contribution < -0.4 is 10.9 Å². The van der Waals surface area contributed by atoms with Crippen LogP contribution in [0.5, 0.6) is 0 Å². The Balaban J connectivity index is 0.000000396. The number of anilines is 1. The maximum absolute atomic E-state index is 13.0. The van der Waals surface area contributed by atoms with Crippen LogP contribution >= 0.6 is 0 Å². The van der Waals surface area contributed by atoms with Crippen LogP contribution in [-0.4, -0.2) is 23.7 Å². The molecule has 5 nitrogen and oxygen atoms in total. The second kappa shape index (κ2) is 7.02. The summed E-state index contributed by atoms with van der Waals surface area (Å²) in [4.78, 5) is 8.81. The van der Waals surface area contributed by atoms with Crippen LogP contribution in [0.25, 0.3) is 0 Å². The summed E-state index contributed by atoms with van der Waals surface area (Å²) in [5.74, 6) is -0.197. The summed E-state index contributed by atoms with van der Waals surface area (Å²) in [7, 11) is 2.00. The molecule has 2 aromatic rings. The molecule has 1 aliphatic heterocycles. The molecule has 1 atom stereocenters. The summed E-state index contributed by atoms with van der Waals surface area (Å²) in [5.41, 5.74) is 9.27. The molecule has 2 aromatic carbocycles. The molecule has 0 fully saturated rings. The zero-order valence-electron chi connectivity index (χ0n) is 12.4. The normalized spacial score (nSPS) is 16.1. The summed E-state index contributed by atoms with van der Waals surface area (Å²) >= 11 is 0. The number of halogens is 1. The molecule has 0 aliphatic carbocycles. The Labute approximate surface area is 128 Å². The molecule has 0 spiro atoms. The molecule has 3 N–H and O–H groups in total. The van der Waals surface area contributed by atoms with Crippen LogP contribution in [0.1, 0.15) is 22.7 Å². The SMILES string of the molecule is Cc1ccc2c(c1)C(c1ccc(F)cc1)N(C)N2.O=CNO. The van der Waals surface area contributed by atoms with Gasteiger partial charge in [-0.1, -0.05) is 29.8 Å². The third-order valence-corrected chi connectivity index (χ3v) is 3.42. The van der Waals surface area contributed by atoms with Gasteiger partial charge < -0.3 is 5.43 Å². The molecule has 3 rings (SSSR count). The van der Waals surface area contributed by atoms with Crippen molar-refractivity contribution in [2.24, 2.45) is 0 Å². The van der Waals surface area contributed by atoms with Crippen molar-refractivity contribution in [2.45, 2.75) is 13.0 Å². The number of hydrogen-bond donors (Lipinski definition) is 3. The first-order valence-electron chi connectivity index (χ1n) is 6.75. The van der Waals surface area contributed by atoms with E-state index < -0.39 is 0 Å². The van der Waals surface area contributed by atoms with Crippen LogP contribution in [0.15, 0.2) is 42.5 Å². The van der Waals surface area contributed by atoms with Crippen LogP contribution in [0.2, 0.25) is 0 Å². The molecular weight excluding hydrogens is 285 g/mol. The second-order valence-corrected chi connectivity index (χ2v) is 5.01. The van der Waals surface area contributed by atoms with Crippen LogP contribution in [0.3, 0.4) is 0 Å². The van der Waals surface area contributed by atoms with Crippen molar-refractivity contribution in [3.63, 3.8) is 0 Å². The van der Waals surface area contributed by atoms with Crippen molar-refractivity contribution >= 4 is 12.1 Å². The fourth-order valence-corrected chi connectivity index (χ4v) is 2.52. The summed E-state index contributed by atoms with van der Waals surface area (Å²) in [6, 6.07) is 13.2. The molecular formula is C16H18FN3O2. The van der Waals surface area contributed by atoms with E-state index in [9.17, 15) is 4.39 Å². The van der Waals surface area contributed by atoms with Gasteiger partial charge in [-0.15, -0.1) is 0 Å². The van der Waals surface area contributed by atoms with Gasteiger partial charge in [0.25, 0.3) is 0 Å². The molecule has 0 aromatic heterocycles. The van der Waals surface area contributed by atoms with Gasteiger partial charge in [0.15, 0.2) is 0 Å². The van der Waals surface area contributed by atoms with E-state index in [1.165, 1.54) is 28.7 Å². The topological polar surface area (TPSA) is 64.6 Å². The molecule has 0 saturated heterocycles. The molecule has 6 heteroatoms. The molecule has 0 radical (unpaired) electrons. The summed E-state index contributed by atoms with van der Waals surface area (Å²) in [6.07, 6.45) is 0.181. The molecule has 1 aliphatic rings. The predicted octanol–water partition coefficient (Wildman–Crippen LogP) is 2.62. The van der Waals surface area contributed by atoms with Gasteiger partial charge in [0.2, 0.25) is 6.41 Å². The average molecular weight is 303 g/mol. The molecule has 0 bridgehead atoms. The van der Waals surface area contributed by atoms with Gasteiger partial charge in [0.1, 0.15) is 5.82 Å². The van der Waals surface area contributed by atoms with Crippen LogP contribution in [-0.2, 0) is 4.79 Å². The van der Waals surface area contributed by atoms with Crippen molar-refractivity contribution in [1.29, 1.82) is 0 Å². The number of rotatable bonds is 2.